The molecule has 0 radical (unpaired) electrons. The van der Waals surface area contributed by atoms with Gasteiger partial charge in [-0.2, -0.15) is 4.68 Å². The van der Waals surface area contributed by atoms with Crippen molar-refractivity contribution in [3.63, 3.8) is 0 Å². The Balaban J connectivity index is 1.47. The molecule has 1 atom stereocenters. The van der Waals surface area contributed by atoms with E-state index in [1.54, 1.807) is 29.2 Å². The van der Waals surface area contributed by atoms with Gasteiger partial charge in [-0.25, -0.2) is 0 Å². The first-order valence-electron chi connectivity index (χ1n) is 10.4. The van der Waals surface area contributed by atoms with E-state index in [1.165, 1.54) is 0 Å². The van der Waals surface area contributed by atoms with Crippen LogP contribution in [-0.4, -0.2) is 31.1 Å². The Morgan fingerprint density at radius 1 is 1.12 bits per heavy atom. The third-order valence-corrected chi connectivity index (χ3v) is 5.30. The van der Waals surface area contributed by atoms with Crippen molar-refractivity contribution in [2.75, 3.05) is 10.6 Å². The Morgan fingerprint density at radius 2 is 2.00 bits per heavy atom. The normalized spacial score (nSPS) is 14.9. The summed E-state index contributed by atoms with van der Waals surface area (Å²) in [5, 5.41) is 18.0. The second-order valence-corrected chi connectivity index (χ2v) is 7.56. The highest BCUT2D eigenvalue weighted by molar-refractivity contribution is 6.05. The highest BCUT2D eigenvalue weighted by atomic mass is 16.5. The highest BCUT2D eigenvalue weighted by Crippen LogP contribution is 2.36. The van der Waals surface area contributed by atoms with Crippen molar-refractivity contribution in [3.8, 4) is 5.75 Å². The number of pyridine rings is 1. The summed E-state index contributed by atoms with van der Waals surface area (Å²) in [5.74, 6) is 0.884. The van der Waals surface area contributed by atoms with Crippen LogP contribution in [0.5, 0.6) is 5.75 Å². The van der Waals surface area contributed by atoms with Crippen molar-refractivity contribution in [1.29, 1.82) is 0 Å². The van der Waals surface area contributed by atoms with E-state index in [-0.39, 0.29) is 5.91 Å². The number of fused-ring (bicyclic) bond motifs is 1. The standard InChI is InChI=1S/C24H21N7O2/c1-16-21(23(32)27-19-10-6-12-25-14-19)22(31-24(26-16)28-29-30-31)18-9-5-11-20(13-18)33-15-17-7-3-2-4-8-17/h2-14,22H,15H2,1H3,(H,27,32)(H,26,28,30). The summed E-state index contributed by atoms with van der Waals surface area (Å²) in [5.41, 5.74) is 3.66. The maximum Gasteiger partial charge on any atom is 0.255 e. The molecule has 0 spiro atoms. The molecule has 9 nitrogen and oxygen atoms in total. The Hall–Kier alpha value is -4.53. The lowest BCUT2D eigenvalue weighted by Crippen LogP contribution is -2.31. The van der Waals surface area contributed by atoms with Crippen molar-refractivity contribution in [2.45, 2.75) is 19.6 Å². The second kappa shape index (κ2) is 8.91. The summed E-state index contributed by atoms with van der Waals surface area (Å²) in [6, 6.07) is 20.6. The van der Waals surface area contributed by atoms with Crippen molar-refractivity contribution in [3.05, 3.63) is 102 Å². The van der Waals surface area contributed by atoms with Crippen LogP contribution in [-0.2, 0) is 11.4 Å². The average Bonchev–Trinajstić information content (AvgIpc) is 3.31. The molecule has 2 aromatic carbocycles. The van der Waals surface area contributed by atoms with Crippen molar-refractivity contribution in [2.24, 2.45) is 0 Å². The molecule has 1 aliphatic heterocycles. The lowest BCUT2D eigenvalue weighted by molar-refractivity contribution is -0.113. The van der Waals surface area contributed by atoms with Crippen LogP contribution in [0.2, 0.25) is 0 Å². The van der Waals surface area contributed by atoms with Crippen LogP contribution >= 0.6 is 0 Å². The summed E-state index contributed by atoms with van der Waals surface area (Å²) in [6.07, 6.45) is 3.25. The predicted molar refractivity (Wildman–Crippen MR) is 122 cm³/mol. The SMILES string of the molecule is CC1=C(C(=O)Nc2cccnc2)C(c2cccc(OCc3ccccc3)c2)n2nnnc2N1. The zero-order valence-corrected chi connectivity index (χ0v) is 17.8. The van der Waals surface area contributed by atoms with Crippen LogP contribution in [0.1, 0.15) is 24.1 Å². The zero-order valence-electron chi connectivity index (χ0n) is 17.8. The smallest absolute Gasteiger partial charge is 0.255 e. The molecular formula is C24H21N7O2. The number of allylic oxidation sites excluding steroid dienone is 1. The maximum absolute atomic E-state index is 13.3. The summed E-state index contributed by atoms with van der Waals surface area (Å²) in [4.78, 5) is 17.4. The number of hydrogen-bond donors (Lipinski definition) is 2. The molecule has 2 aromatic heterocycles. The van der Waals surface area contributed by atoms with Crippen LogP contribution in [0.4, 0.5) is 11.6 Å². The topological polar surface area (TPSA) is 107 Å². The Labute approximate surface area is 190 Å². The number of nitrogens with zero attached hydrogens (tertiary/aromatic N) is 5. The van der Waals surface area contributed by atoms with Gasteiger partial charge in [-0.1, -0.05) is 47.6 Å². The molecule has 0 bridgehead atoms. The molecule has 9 heteroatoms. The number of benzene rings is 2. The van der Waals surface area contributed by atoms with E-state index in [2.05, 4.69) is 31.1 Å². The monoisotopic (exact) mass is 439 g/mol. The molecule has 2 N–H and O–H groups in total. The maximum atomic E-state index is 13.3. The fourth-order valence-corrected chi connectivity index (χ4v) is 3.77. The number of amides is 1. The predicted octanol–water partition coefficient (Wildman–Crippen LogP) is 3.57. The number of carbonyl (C=O) groups excluding carboxylic acids is 1. The second-order valence-electron chi connectivity index (χ2n) is 7.56. The van der Waals surface area contributed by atoms with Gasteiger partial charge in [0.2, 0.25) is 5.95 Å². The van der Waals surface area contributed by atoms with Crippen molar-refractivity contribution < 1.29 is 9.53 Å². The van der Waals surface area contributed by atoms with E-state index >= 15 is 0 Å². The number of carbonyl (C=O) groups is 1. The molecule has 4 aromatic rings. The number of rotatable bonds is 6. The number of hydrogen-bond acceptors (Lipinski definition) is 7. The van der Waals surface area contributed by atoms with E-state index in [0.29, 0.717) is 35.3 Å². The third-order valence-electron chi connectivity index (χ3n) is 5.30. The first-order valence-corrected chi connectivity index (χ1v) is 10.4. The van der Waals surface area contributed by atoms with Gasteiger partial charge in [0.1, 0.15) is 18.4 Å². The average molecular weight is 439 g/mol. The van der Waals surface area contributed by atoms with E-state index in [1.807, 2.05) is 61.5 Å². The van der Waals surface area contributed by atoms with E-state index in [0.717, 1.165) is 11.1 Å². The van der Waals surface area contributed by atoms with Gasteiger partial charge in [-0.05, 0) is 52.7 Å². The molecule has 0 fully saturated rings. The quantitative estimate of drug-likeness (QED) is 0.473. The van der Waals surface area contributed by atoms with Gasteiger partial charge in [-0.15, -0.1) is 0 Å². The number of aromatic nitrogens is 5. The lowest BCUT2D eigenvalue weighted by atomic mass is 9.95. The Kier molecular flexibility index (Phi) is 5.50. The summed E-state index contributed by atoms with van der Waals surface area (Å²) in [6.45, 7) is 2.27. The van der Waals surface area contributed by atoms with Gasteiger partial charge in [0.25, 0.3) is 5.91 Å². The van der Waals surface area contributed by atoms with Crippen molar-refractivity contribution in [1.82, 2.24) is 25.2 Å². The summed E-state index contributed by atoms with van der Waals surface area (Å²) >= 11 is 0. The van der Waals surface area contributed by atoms with Crippen LogP contribution in [0.3, 0.4) is 0 Å². The molecule has 0 saturated heterocycles. The van der Waals surface area contributed by atoms with Crippen LogP contribution in [0.15, 0.2) is 90.4 Å². The molecule has 5 rings (SSSR count). The van der Waals surface area contributed by atoms with Crippen molar-refractivity contribution >= 4 is 17.5 Å². The molecular weight excluding hydrogens is 418 g/mol. The minimum Gasteiger partial charge on any atom is -0.489 e. The van der Waals surface area contributed by atoms with Gasteiger partial charge < -0.3 is 15.4 Å². The number of tetrazole rings is 1. The molecule has 1 amide bonds. The van der Waals surface area contributed by atoms with Gasteiger partial charge in [0.15, 0.2) is 0 Å². The Bertz CT molecular complexity index is 1300. The Morgan fingerprint density at radius 3 is 2.82 bits per heavy atom. The zero-order chi connectivity index (χ0) is 22.6. The van der Waals surface area contributed by atoms with E-state index in [4.69, 9.17) is 4.74 Å². The third kappa shape index (κ3) is 4.29. The lowest BCUT2D eigenvalue weighted by Gasteiger charge is -2.28. The number of anilines is 2. The minimum absolute atomic E-state index is 0.269. The fourth-order valence-electron chi connectivity index (χ4n) is 3.77. The number of nitrogens with one attached hydrogen (secondary N) is 2. The fraction of sp³-hybridized carbons (Fsp3) is 0.125. The molecule has 1 aliphatic rings. The first-order chi connectivity index (χ1) is 16.2. The molecule has 0 saturated carbocycles. The van der Waals surface area contributed by atoms with Gasteiger partial charge in [0.05, 0.1) is 17.5 Å². The minimum atomic E-state index is -0.534. The molecule has 1 unspecified atom stereocenters. The van der Waals surface area contributed by atoms with Crippen LogP contribution in [0.25, 0.3) is 0 Å². The van der Waals surface area contributed by atoms with Gasteiger partial charge in [-0.3, -0.25) is 9.78 Å². The molecule has 3 heterocycles. The number of ether oxygens (including phenoxy) is 1. The van der Waals surface area contributed by atoms with Gasteiger partial charge >= 0.3 is 0 Å². The molecule has 33 heavy (non-hydrogen) atoms. The van der Waals surface area contributed by atoms with Crippen LogP contribution < -0.4 is 15.4 Å². The highest BCUT2D eigenvalue weighted by Gasteiger charge is 2.34. The van der Waals surface area contributed by atoms with E-state index < -0.39 is 6.04 Å². The largest absolute Gasteiger partial charge is 0.489 e. The van der Waals surface area contributed by atoms with Gasteiger partial charge in [0, 0.05) is 11.9 Å². The first kappa shape index (κ1) is 20.4. The summed E-state index contributed by atoms with van der Waals surface area (Å²) < 4.78 is 7.61. The summed E-state index contributed by atoms with van der Waals surface area (Å²) in [7, 11) is 0. The van der Waals surface area contributed by atoms with E-state index in [9.17, 15) is 4.79 Å². The molecule has 164 valence electrons. The molecule has 0 aliphatic carbocycles. The van der Waals surface area contributed by atoms with Crippen LogP contribution in [0, 0.1) is 0 Å².